The molecule has 0 N–H and O–H groups in total. The minimum atomic E-state index is -0.474. The summed E-state index contributed by atoms with van der Waals surface area (Å²) in [6, 6.07) is 8.46. The van der Waals surface area contributed by atoms with Gasteiger partial charge in [-0.15, -0.1) is 0 Å². The van der Waals surface area contributed by atoms with Gasteiger partial charge < -0.3 is 13.7 Å². The molecule has 2 aromatic heterocycles. The summed E-state index contributed by atoms with van der Waals surface area (Å²) in [5, 5.41) is 4.81. The molecule has 3 aromatic rings. The second kappa shape index (κ2) is 6.32. The lowest BCUT2D eigenvalue weighted by Gasteiger charge is -2.12. The van der Waals surface area contributed by atoms with E-state index < -0.39 is 6.10 Å². The van der Waals surface area contributed by atoms with Crippen LogP contribution in [0.1, 0.15) is 18.9 Å². The number of rotatable bonds is 4. The Morgan fingerprint density at radius 2 is 2.05 bits per heavy atom. The first-order chi connectivity index (χ1) is 10.5. The fraction of sp³-hybridized carbons (Fsp3) is 0.143. The van der Waals surface area contributed by atoms with Crippen LogP contribution >= 0.6 is 39.1 Å². The van der Waals surface area contributed by atoms with E-state index in [0.717, 1.165) is 0 Å². The molecule has 0 saturated carbocycles. The Morgan fingerprint density at radius 1 is 1.23 bits per heavy atom. The Balaban J connectivity index is 1.78. The summed E-state index contributed by atoms with van der Waals surface area (Å²) in [6.07, 6.45) is -0.474. The molecule has 0 aliphatic heterocycles. The van der Waals surface area contributed by atoms with Crippen molar-refractivity contribution in [1.82, 2.24) is 10.1 Å². The Morgan fingerprint density at radius 3 is 2.73 bits per heavy atom. The van der Waals surface area contributed by atoms with Gasteiger partial charge in [0.2, 0.25) is 5.82 Å². The van der Waals surface area contributed by atoms with Gasteiger partial charge in [-0.05, 0) is 53.2 Å². The standard InChI is InChI=1S/C14H9BrCl2N2O3/c1-7(20-10-3-2-8(16)6-9(10)17)14-18-13(19-22-14)11-4-5-12(15)21-11/h2-7H,1H3/t7-/m0/s1. The number of benzene rings is 1. The van der Waals surface area contributed by atoms with Gasteiger partial charge in [-0.1, -0.05) is 28.4 Å². The molecule has 0 spiro atoms. The maximum atomic E-state index is 6.07. The van der Waals surface area contributed by atoms with E-state index in [2.05, 4.69) is 26.1 Å². The zero-order valence-corrected chi connectivity index (χ0v) is 14.3. The number of hydrogen-bond donors (Lipinski definition) is 0. The van der Waals surface area contributed by atoms with E-state index in [1.807, 2.05) is 0 Å². The maximum Gasteiger partial charge on any atom is 0.267 e. The van der Waals surface area contributed by atoms with Crippen LogP contribution in [0.2, 0.25) is 10.0 Å². The number of furan rings is 1. The number of nitrogens with zero attached hydrogens (tertiary/aromatic N) is 2. The fourth-order valence-corrected chi connectivity index (χ4v) is 2.51. The highest BCUT2D eigenvalue weighted by Gasteiger charge is 2.19. The highest BCUT2D eigenvalue weighted by molar-refractivity contribution is 9.10. The van der Waals surface area contributed by atoms with Crippen LogP contribution in [0.4, 0.5) is 0 Å². The van der Waals surface area contributed by atoms with Crippen LogP contribution in [0.15, 0.2) is 43.9 Å². The number of hydrogen-bond acceptors (Lipinski definition) is 5. The normalized spacial score (nSPS) is 12.4. The van der Waals surface area contributed by atoms with E-state index >= 15 is 0 Å². The van der Waals surface area contributed by atoms with Crippen LogP contribution in [0, 0.1) is 0 Å². The van der Waals surface area contributed by atoms with Gasteiger partial charge in [0.1, 0.15) is 5.75 Å². The molecule has 0 bridgehead atoms. The molecule has 0 amide bonds. The Hall–Kier alpha value is -1.50. The minimum Gasteiger partial charge on any atom is -0.479 e. The molecule has 0 unspecified atom stereocenters. The van der Waals surface area contributed by atoms with E-state index in [9.17, 15) is 0 Å². The summed E-state index contributed by atoms with van der Waals surface area (Å²) in [5.41, 5.74) is 0. The van der Waals surface area contributed by atoms with Crippen molar-refractivity contribution >= 4 is 39.1 Å². The average Bonchev–Trinajstić information content (AvgIpc) is 3.10. The van der Waals surface area contributed by atoms with E-state index in [4.69, 9.17) is 36.9 Å². The van der Waals surface area contributed by atoms with Crippen LogP contribution in [-0.4, -0.2) is 10.1 Å². The number of aromatic nitrogens is 2. The summed E-state index contributed by atoms with van der Waals surface area (Å²) in [5.74, 6) is 1.64. The smallest absolute Gasteiger partial charge is 0.267 e. The van der Waals surface area contributed by atoms with Gasteiger partial charge in [0.25, 0.3) is 5.89 Å². The van der Waals surface area contributed by atoms with E-state index in [-0.39, 0.29) is 0 Å². The van der Waals surface area contributed by atoms with Gasteiger partial charge in [0.05, 0.1) is 5.02 Å². The predicted molar refractivity (Wildman–Crippen MR) is 85.2 cm³/mol. The second-order valence-electron chi connectivity index (χ2n) is 4.39. The van der Waals surface area contributed by atoms with Crippen molar-refractivity contribution in [2.75, 3.05) is 0 Å². The maximum absolute atomic E-state index is 6.07. The molecule has 0 aliphatic rings. The van der Waals surface area contributed by atoms with Crippen LogP contribution in [-0.2, 0) is 0 Å². The summed E-state index contributed by atoms with van der Waals surface area (Å²) in [6.45, 7) is 1.78. The first kappa shape index (κ1) is 15.4. The highest BCUT2D eigenvalue weighted by Crippen LogP contribution is 2.31. The van der Waals surface area contributed by atoms with Gasteiger partial charge in [-0.2, -0.15) is 4.98 Å². The van der Waals surface area contributed by atoms with Crippen molar-refractivity contribution in [3.05, 3.63) is 50.9 Å². The van der Waals surface area contributed by atoms with E-state index in [1.165, 1.54) is 0 Å². The molecule has 0 saturated heterocycles. The van der Waals surface area contributed by atoms with Gasteiger partial charge in [0, 0.05) is 5.02 Å². The molecule has 114 valence electrons. The Labute approximate surface area is 144 Å². The Bertz CT molecular complexity index is 803. The SMILES string of the molecule is C[C@H](Oc1ccc(Cl)cc1Cl)c1nc(-c2ccc(Br)o2)no1. The molecule has 2 heterocycles. The van der Waals surface area contributed by atoms with Crippen molar-refractivity contribution in [3.8, 4) is 17.3 Å². The van der Waals surface area contributed by atoms with Crippen LogP contribution < -0.4 is 4.74 Å². The molecule has 0 aliphatic carbocycles. The molecule has 1 aromatic carbocycles. The lowest BCUT2D eigenvalue weighted by Crippen LogP contribution is -2.03. The summed E-state index contributed by atoms with van der Waals surface area (Å²) < 4.78 is 16.9. The molecule has 0 radical (unpaired) electrons. The topological polar surface area (TPSA) is 61.3 Å². The summed E-state index contributed by atoms with van der Waals surface area (Å²) in [7, 11) is 0. The van der Waals surface area contributed by atoms with Crippen LogP contribution in [0.3, 0.4) is 0 Å². The predicted octanol–water partition coefficient (Wildman–Crippen LogP) is 5.54. The zero-order valence-electron chi connectivity index (χ0n) is 11.2. The third-order valence-electron chi connectivity index (χ3n) is 2.78. The average molecular weight is 404 g/mol. The quantitative estimate of drug-likeness (QED) is 0.572. The van der Waals surface area contributed by atoms with Crippen molar-refractivity contribution < 1.29 is 13.7 Å². The molecule has 8 heteroatoms. The Kier molecular flexibility index (Phi) is 4.42. The lowest BCUT2D eigenvalue weighted by molar-refractivity contribution is 0.176. The van der Waals surface area contributed by atoms with Crippen molar-refractivity contribution in [2.45, 2.75) is 13.0 Å². The van der Waals surface area contributed by atoms with Crippen LogP contribution in [0.25, 0.3) is 11.6 Å². The first-order valence-electron chi connectivity index (χ1n) is 6.24. The lowest BCUT2D eigenvalue weighted by atomic mass is 10.3. The third-order valence-corrected chi connectivity index (χ3v) is 3.74. The number of ether oxygens (including phenoxy) is 1. The molecule has 5 nitrogen and oxygen atoms in total. The zero-order chi connectivity index (χ0) is 15.7. The third kappa shape index (κ3) is 3.29. The molecule has 1 atom stereocenters. The first-order valence-corrected chi connectivity index (χ1v) is 7.79. The molecule has 22 heavy (non-hydrogen) atoms. The van der Waals surface area contributed by atoms with Gasteiger partial charge in [0.15, 0.2) is 16.5 Å². The monoisotopic (exact) mass is 402 g/mol. The number of halogens is 3. The molecular formula is C14H9BrCl2N2O3. The van der Waals surface area contributed by atoms with Gasteiger partial charge >= 0.3 is 0 Å². The molecule has 3 rings (SSSR count). The van der Waals surface area contributed by atoms with E-state index in [1.54, 1.807) is 37.3 Å². The summed E-state index contributed by atoms with van der Waals surface area (Å²) >= 11 is 15.1. The minimum absolute atomic E-state index is 0.313. The van der Waals surface area contributed by atoms with Crippen molar-refractivity contribution in [3.63, 3.8) is 0 Å². The van der Waals surface area contributed by atoms with Crippen molar-refractivity contribution in [2.24, 2.45) is 0 Å². The fourth-order valence-electron chi connectivity index (χ4n) is 1.75. The van der Waals surface area contributed by atoms with Gasteiger partial charge in [-0.3, -0.25) is 0 Å². The molecule has 0 fully saturated rings. The highest BCUT2D eigenvalue weighted by atomic mass is 79.9. The van der Waals surface area contributed by atoms with Crippen molar-refractivity contribution in [1.29, 1.82) is 0 Å². The summed E-state index contributed by atoms with van der Waals surface area (Å²) in [4.78, 5) is 4.25. The van der Waals surface area contributed by atoms with Crippen LogP contribution in [0.5, 0.6) is 5.75 Å². The second-order valence-corrected chi connectivity index (χ2v) is 6.02. The van der Waals surface area contributed by atoms with Gasteiger partial charge in [-0.25, -0.2) is 0 Å². The largest absolute Gasteiger partial charge is 0.479 e. The molecular weight excluding hydrogens is 395 g/mol. The van der Waals surface area contributed by atoms with E-state index in [0.29, 0.717) is 37.9 Å².